The van der Waals surface area contributed by atoms with Crippen LogP contribution in [0.2, 0.25) is 0 Å². The smallest absolute Gasteiger partial charge is 0.408 e. The number of alkyl carbamates (subject to hydrolysis) is 1. The highest BCUT2D eigenvalue weighted by molar-refractivity contribution is 5.90. The van der Waals surface area contributed by atoms with Gasteiger partial charge in [-0.05, 0) is 34.4 Å². The topological polar surface area (TPSA) is 73.9 Å². The van der Waals surface area contributed by atoms with Gasteiger partial charge in [-0.25, -0.2) is 4.79 Å². The Bertz CT molecular complexity index is 1270. The summed E-state index contributed by atoms with van der Waals surface area (Å²) in [4.78, 5) is 27.2. The van der Waals surface area contributed by atoms with Crippen molar-refractivity contribution in [1.82, 2.24) is 5.32 Å². The maximum Gasteiger partial charge on any atom is 0.408 e. The Morgan fingerprint density at radius 3 is 1.86 bits per heavy atom. The molecule has 0 aliphatic carbocycles. The zero-order chi connectivity index (χ0) is 26.1. The van der Waals surface area contributed by atoms with Gasteiger partial charge in [0, 0.05) is 0 Å². The third kappa shape index (κ3) is 5.48. The molecule has 0 fully saturated rings. The predicted octanol–water partition coefficient (Wildman–Crippen LogP) is 5.82. The number of benzene rings is 4. The predicted molar refractivity (Wildman–Crippen MR) is 141 cm³/mol. The van der Waals surface area contributed by atoms with E-state index < -0.39 is 23.5 Å². The maximum atomic E-state index is 13.9. The second-order valence-electron chi connectivity index (χ2n) is 8.45. The van der Waals surface area contributed by atoms with Gasteiger partial charge in [-0.15, -0.1) is 0 Å². The van der Waals surface area contributed by atoms with Crippen molar-refractivity contribution in [3.05, 3.63) is 138 Å². The number of hydrogen-bond donors (Lipinski definition) is 1. The lowest BCUT2D eigenvalue weighted by atomic mass is 9.67. The van der Waals surface area contributed by atoms with Crippen molar-refractivity contribution in [2.75, 3.05) is 14.2 Å². The van der Waals surface area contributed by atoms with Gasteiger partial charge in [0.1, 0.15) is 17.8 Å². The molecule has 1 atom stereocenters. The number of methoxy groups -OCH3 is 2. The molecule has 4 aromatic rings. The average molecular weight is 496 g/mol. The molecule has 0 heterocycles. The molecule has 6 nitrogen and oxygen atoms in total. The van der Waals surface area contributed by atoms with Crippen LogP contribution in [-0.2, 0) is 26.3 Å². The third-order valence-corrected chi connectivity index (χ3v) is 6.30. The van der Waals surface area contributed by atoms with E-state index in [4.69, 9.17) is 14.2 Å². The minimum atomic E-state index is -1.44. The summed E-state index contributed by atoms with van der Waals surface area (Å²) in [6.07, 6.45) is -0.670. The number of ether oxygens (including phenoxy) is 3. The van der Waals surface area contributed by atoms with Crippen LogP contribution in [0.1, 0.15) is 28.3 Å². The molecule has 0 aliphatic rings. The van der Waals surface area contributed by atoms with Crippen molar-refractivity contribution in [3.8, 4) is 5.75 Å². The molecule has 0 aromatic heterocycles. The summed E-state index contributed by atoms with van der Waals surface area (Å²) >= 11 is 0. The molecule has 0 bridgehead atoms. The molecular formula is C31H29NO5. The van der Waals surface area contributed by atoms with Gasteiger partial charge in [-0.1, -0.05) is 103 Å². The highest BCUT2D eigenvalue weighted by Gasteiger charge is 2.51. The Morgan fingerprint density at radius 2 is 1.32 bits per heavy atom. The van der Waals surface area contributed by atoms with Crippen LogP contribution < -0.4 is 10.1 Å². The van der Waals surface area contributed by atoms with E-state index in [9.17, 15) is 9.59 Å². The van der Waals surface area contributed by atoms with E-state index >= 15 is 0 Å². The second kappa shape index (κ2) is 11.9. The first kappa shape index (κ1) is 25.5. The summed E-state index contributed by atoms with van der Waals surface area (Å²) < 4.78 is 16.5. The first-order chi connectivity index (χ1) is 18.1. The summed E-state index contributed by atoms with van der Waals surface area (Å²) in [5, 5.41) is 2.99. The molecular weight excluding hydrogens is 466 g/mol. The lowest BCUT2D eigenvalue weighted by Gasteiger charge is -2.39. The first-order valence-corrected chi connectivity index (χ1v) is 11.9. The largest absolute Gasteiger partial charge is 0.497 e. The number of nitrogens with one attached hydrogen (secondary N) is 1. The fourth-order valence-electron chi connectivity index (χ4n) is 4.56. The number of hydrogen-bond acceptors (Lipinski definition) is 5. The normalized spacial score (nSPS) is 11.7. The molecule has 0 aliphatic heterocycles. The fourth-order valence-corrected chi connectivity index (χ4v) is 4.56. The van der Waals surface area contributed by atoms with E-state index in [1.165, 1.54) is 7.11 Å². The van der Waals surface area contributed by atoms with Crippen LogP contribution in [0.3, 0.4) is 0 Å². The van der Waals surface area contributed by atoms with Crippen molar-refractivity contribution >= 4 is 12.1 Å². The standard InChI is InChI=1S/C31H29NO5/c1-35-27-20-12-15-24(21-27)28(32-30(34)37-22-23-13-6-3-7-14-23)31(29(33)36-2,25-16-8-4-9-17-25)26-18-10-5-11-19-26/h3-21,28H,22H2,1-2H3,(H,32,34). The van der Waals surface area contributed by atoms with Gasteiger partial charge in [0.25, 0.3) is 0 Å². The molecule has 0 saturated heterocycles. The molecule has 1 unspecified atom stereocenters. The van der Waals surface area contributed by atoms with Crippen molar-refractivity contribution in [2.24, 2.45) is 0 Å². The molecule has 0 spiro atoms. The summed E-state index contributed by atoms with van der Waals surface area (Å²) in [5.74, 6) is 0.0583. The molecule has 1 N–H and O–H groups in total. The van der Waals surface area contributed by atoms with E-state index in [0.29, 0.717) is 22.4 Å². The Morgan fingerprint density at radius 1 is 0.757 bits per heavy atom. The van der Waals surface area contributed by atoms with Crippen LogP contribution >= 0.6 is 0 Å². The first-order valence-electron chi connectivity index (χ1n) is 11.9. The Balaban J connectivity index is 1.88. The lowest BCUT2D eigenvalue weighted by molar-refractivity contribution is -0.147. The van der Waals surface area contributed by atoms with Gasteiger partial charge in [-0.3, -0.25) is 4.79 Å². The van der Waals surface area contributed by atoms with Crippen molar-refractivity contribution < 1.29 is 23.8 Å². The number of esters is 1. The van der Waals surface area contributed by atoms with Crippen LogP contribution in [0.15, 0.2) is 115 Å². The van der Waals surface area contributed by atoms with E-state index in [-0.39, 0.29) is 6.61 Å². The molecule has 0 radical (unpaired) electrons. The van der Waals surface area contributed by atoms with Gasteiger partial charge in [0.05, 0.1) is 20.3 Å². The van der Waals surface area contributed by atoms with Gasteiger partial charge >= 0.3 is 12.1 Å². The molecule has 37 heavy (non-hydrogen) atoms. The molecule has 4 rings (SSSR count). The van der Waals surface area contributed by atoms with E-state index in [0.717, 1.165) is 5.56 Å². The lowest BCUT2D eigenvalue weighted by Crippen LogP contribution is -2.50. The fraction of sp³-hybridized carbons (Fsp3) is 0.161. The van der Waals surface area contributed by atoms with Crippen LogP contribution in [0.4, 0.5) is 4.79 Å². The minimum absolute atomic E-state index is 0.0827. The van der Waals surface area contributed by atoms with Crippen molar-refractivity contribution in [3.63, 3.8) is 0 Å². The Hall–Kier alpha value is -4.58. The van der Waals surface area contributed by atoms with E-state index in [1.54, 1.807) is 19.2 Å². The number of rotatable bonds is 9. The zero-order valence-electron chi connectivity index (χ0n) is 20.8. The Labute approximate surface area is 216 Å². The highest BCUT2D eigenvalue weighted by Crippen LogP contribution is 2.45. The molecule has 1 amide bonds. The van der Waals surface area contributed by atoms with Crippen LogP contribution in [0, 0.1) is 0 Å². The molecule has 0 saturated carbocycles. The van der Waals surface area contributed by atoms with Gasteiger partial charge in [0.2, 0.25) is 0 Å². The Kier molecular flexibility index (Phi) is 8.21. The molecule has 4 aromatic carbocycles. The van der Waals surface area contributed by atoms with Gasteiger partial charge in [0.15, 0.2) is 0 Å². The summed E-state index contributed by atoms with van der Waals surface area (Å²) in [7, 11) is 2.91. The number of amides is 1. The summed E-state index contributed by atoms with van der Waals surface area (Å²) in [6.45, 7) is 0.0827. The van der Waals surface area contributed by atoms with Crippen LogP contribution in [0.25, 0.3) is 0 Å². The van der Waals surface area contributed by atoms with Gasteiger partial charge < -0.3 is 19.5 Å². The highest BCUT2D eigenvalue weighted by atomic mass is 16.5. The third-order valence-electron chi connectivity index (χ3n) is 6.30. The zero-order valence-corrected chi connectivity index (χ0v) is 20.8. The molecule has 6 heteroatoms. The van der Waals surface area contributed by atoms with Gasteiger partial charge in [-0.2, -0.15) is 0 Å². The van der Waals surface area contributed by atoms with E-state index in [1.807, 2.05) is 103 Å². The maximum absolute atomic E-state index is 13.9. The van der Waals surface area contributed by atoms with E-state index in [2.05, 4.69) is 5.32 Å². The SMILES string of the molecule is COC(=O)C(c1ccccc1)(c1ccccc1)C(NC(=O)OCc1ccccc1)c1cccc(OC)c1. The number of carbonyl (C=O) groups excluding carboxylic acids is 2. The van der Waals surface area contributed by atoms with Crippen LogP contribution in [0.5, 0.6) is 5.75 Å². The summed E-state index contributed by atoms with van der Waals surface area (Å²) in [6, 6.07) is 34.3. The van der Waals surface area contributed by atoms with Crippen LogP contribution in [-0.4, -0.2) is 26.3 Å². The van der Waals surface area contributed by atoms with Crippen molar-refractivity contribution in [2.45, 2.75) is 18.1 Å². The minimum Gasteiger partial charge on any atom is -0.497 e. The average Bonchev–Trinajstić information content (AvgIpc) is 2.97. The van der Waals surface area contributed by atoms with Crippen molar-refractivity contribution in [1.29, 1.82) is 0 Å². The summed E-state index contributed by atoms with van der Waals surface area (Å²) in [5.41, 5.74) is 1.37. The quantitative estimate of drug-likeness (QED) is 0.296. The monoisotopic (exact) mass is 495 g/mol. The number of carbonyl (C=O) groups is 2. The second-order valence-corrected chi connectivity index (χ2v) is 8.45. The molecule has 188 valence electrons.